The van der Waals surface area contributed by atoms with E-state index in [9.17, 15) is 4.79 Å². The minimum atomic E-state index is -0.220. The average molecular weight is 387 g/mol. The molecule has 146 valence electrons. The number of halogens is 1. The summed E-state index contributed by atoms with van der Waals surface area (Å²) in [5.74, 6) is -0.220. The number of hydrogen-bond acceptors (Lipinski definition) is 2. The topological polar surface area (TPSA) is 26.3 Å². The lowest BCUT2D eigenvalue weighted by atomic mass is 10.00. The molecule has 0 heterocycles. The van der Waals surface area contributed by atoms with Crippen LogP contribution in [0.3, 0.4) is 0 Å². The normalized spacial score (nSPS) is 10.7. The summed E-state index contributed by atoms with van der Waals surface area (Å²) in [6.45, 7) is 2.74. The van der Waals surface area contributed by atoms with Gasteiger partial charge in [-0.15, -0.1) is 0 Å². The summed E-state index contributed by atoms with van der Waals surface area (Å²) in [6.07, 6.45) is 10.6. The number of benzene rings is 2. The molecule has 0 unspecified atom stereocenters. The second kappa shape index (κ2) is 12.6. The lowest BCUT2D eigenvalue weighted by molar-refractivity contribution is 0.0496. The minimum absolute atomic E-state index is 0.220. The Morgan fingerprint density at radius 2 is 1.48 bits per heavy atom. The van der Waals surface area contributed by atoms with Gasteiger partial charge in [0.2, 0.25) is 0 Å². The lowest BCUT2D eigenvalue weighted by Gasteiger charge is -2.10. The highest BCUT2D eigenvalue weighted by Gasteiger charge is 2.12. The molecule has 0 bridgehead atoms. The predicted molar refractivity (Wildman–Crippen MR) is 114 cm³/mol. The molecule has 2 rings (SSSR count). The van der Waals surface area contributed by atoms with Crippen molar-refractivity contribution in [2.24, 2.45) is 0 Å². The average Bonchev–Trinajstić information content (AvgIpc) is 2.69. The molecule has 0 spiro atoms. The fourth-order valence-electron chi connectivity index (χ4n) is 3.17. The van der Waals surface area contributed by atoms with Crippen LogP contribution in [0.5, 0.6) is 0 Å². The highest BCUT2D eigenvalue weighted by Crippen LogP contribution is 2.18. The van der Waals surface area contributed by atoms with Crippen LogP contribution in [0.15, 0.2) is 48.5 Å². The molecule has 0 atom stereocenters. The van der Waals surface area contributed by atoms with Crippen molar-refractivity contribution in [3.8, 4) is 0 Å². The Morgan fingerprint density at radius 1 is 0.852 bits per heavy atom. The fraction of sp³-hybridized carbons (Fsp3) is 0.458. The van der Waals surface area contributed by atoms with E-state index in [2.05, 4.69) is 6.92 Å². The maximum atomic E-state index is 12.5. The third-order valence-corrected chi connectivity index (χ3v) is 5.03. The van der Waals surface area contributed by atoms with Crippen LogP contribution < -0.4 is 0 Å². The van der Waals surface area contributed by atoms with Crippen LogP contribution in [0, 0.1) is 0 Å². The Labute approximate surface area is 168 Å². The summed E-state index contributed by atoms with van der Waals surface area (Å²) >= 11 is 5.95. The van der Waals surface area contributed by atoms with Gasteiger partial charge in [0.1, 0.15) is 0 Å². The van der Waals surface area contributed by atoms with Gasteiger partial charge in [0.05, 0.1) is 12.2 Å². The van der Waals surface area contributed by atoms with Gasteiger partial charge in [0.25, 0.3) is 0 Å². The quantitative estimate of drug-likeness (QED) is 0.284. The first-order valence-electron chi connectivity index (χ1n) is 10.2. The molecule has 0 N–H and O–H groups in total. The van der Waals surface area contributed by atoms with E-state index >= 15 is 0 Å². The van der Waals surface area contributed by atoms with Gasteiger partial charge in [-0.05, 0) is 42.2 Å². The zero-order valence-corrected chi connectivity index (χ0v) is 17.1. The third kappa shape index (κ3) is 8.17. The predicted octanol–water partition coefficient (Wildman–Crippen LogP) is 7.23. The highest BCUT2D eigenvalue weighted by molar-refractivity contribution is 6.30. The van der Waals surface area contributed by atoms with Crippen LogP contribution in [0.1, 0.15) is 79.8 Å². The highest BCUT2D eigenvalue weighted by atomic mass is 35.5. The molecule has 0 aromatic heterocycles. The van der Waals surface area contributed by atoms with Crippen molar-refractivity contribution in [1.29, 1.82) is 0 Å². The molecule has 0 aliphatic carbocycles. The summed E-state index contributed by atoms with van der Waals surface area (Å²) in [6, 6.07) is 15.4. The van der Waals surface area contributed by atoms with Crippen LogP contribution in [-0.4, -0.2) is 12.6 Å². The Kier molecular flexibility index (Phi) is 10.0. The van der Waals surface area contributed by atoms with E-state index in [1.54, 1.807) is 0 Å². The molecule has 3 heteroatoms. The largest absolute Gasteiger partial charge is 0.462 e. The number of esters is 1. The Balaban J connectivity index is 1.75. The first-order chi connectivity index (χ1) is 13.2. The van der Waals surface area contributed by atoms with Crippen LogP contribution >= 0.6 is 11.6 Å². The smallest absolute Gasteiger partial charge is 0.338 e. The van der Waals surface area contributed by atoms with Gasteiger partial charge in [-0.25, -0.2) is 4.79 Å². The van der Waals surface area contributed by atoms with Crippen molar-refractivity contribution in [3.05, 3.63) is 70.2 Å². The van der Waals surface area contributed by atoms with Crippen molar-refractivity contribution in [2.45, 2.75) is 64.7 Å². The first-order valence-corrected chi connectivity index (χ1v) is 10.6. The third-order valence-electron chi connectivity index (χ3n) is 4.78. The van der Waals surface area contributed by atoms with Crippen molar-refractivity contribution in [1.82, 2.24) is 0 Å². The molecule has 0 saturated carbocycles. The molecule has 2 aromatic rings. The summed E-state index contributed by atoms with van der Waals surface area (Å²) in [5, 5.41) is 0.719. The number of hydrogen-bond donors (Lipinski definition) is 0. The van der Waals surface area contributed by atoms with E-state index in [0.29, 0.717) is 18.6 Å². The standard InChI is InChI=1S/C24H31ClO2/c1-2-3-4-5-6-7-8-11-18-27-24(26)23-13-10-9-12-21(23)19-20-14-16-22(25)17-15-20/h9-10,12-17H,2-8,11,18-19H2,1H3. The number of carbonyl (C=O) groups is 1. The Hall–Kier alpha value is -1.80. The first kappa shape index (κ1) is 21.5. The zero-order chi connectivity index (χ0) is 19.3. The van der Waals surface area contributed by atoms with Gasteiger partial charge >= 0.3 is 5.97 Å². The van der Waals surface area contributed by atoms with E-state index in [1.807, 2.05) is 48.5 Å². The molecule has 0 aliphatic heterocycles. The molecule has 0 amide bonds. The summed E-state index contributed by atoms with van der Waals surface area (Å²) < 4.78 is 5.51. The van der Waals surface area contributed by atoms with Crippen molar-refractivity contribution >= 4 is 17.6 Å². The fourth-order valence-corrected chi connectivity index (χ4v) is 3.30. The molecule has 2 nitrogen and oxygen atoms in total. The van der Waals surface area contributed by atoms with E-state index in [-0.39, 0.29) is 5.97 Å². The second-order valence-corrected chi connectivity index (χ2v) is 7.51. The monoisotopic (exact) mass is 386 g/mol. The van der Waals surface area contributed by atoms with Gasteiger partial charge in [-0.3, -0.25) is 0 Å². The number of rotatable bonds is 12. The van der Waals surface area contributed by atoms with Crippen molar-refractivity contribution < 1.29 is 9.53 Å². The molecule has 0 fully saturated rings. The zero-order valence-electron chi connectivity index (χ0n) is 16.4. The van der Waals surface area contributed by atoms with Gasteiger partial charge in [-0.1, -0.05) is 93.8 Å². The van der Waals surface area contributed by atoms with E-state index in [4.69, 9.17) is 16.3 Å². The Bertz CT molecular complexity index is 679. The van der Waals surface area contributed by atoms with Crippen LogP contribution in [0.4, 0.5) is 0 Å². The molecule has 0 radical (unpaired) electrons. The SMILES string of the molecule is CCCCCCCCCCOC(=O)c1ccccc1Cc1ccc(Cl)cc1. The molecular formula is C24H31ClO2. The minimum Gasteiger partial charge on any atom is -0.462 e. The van der Waals surface area contributed by atoms with Crippen molar-refractivity contribution in [2.75, 3.05) is 6.61 Å². The van der Waals surface area contributed by atoms with Gasteiger partial charge < -0.3 is 4.74 Å². The summed E-state index contributed by atoms with van der Waals surface area (Å²) in [7, 11) is 0. The summed E-state index contributed by atoms with van der Waals surface area (Å²) in [4.78, 5) is 12.5. The number of ether oxygens (including phenoxy) is 1. The van der Waals surface area contributed by atoms with Crippen molar-refractivity contribution in [3.63, 3.8) is 0 Å². The molecule has 0 aliphatic rings. The summed E-state index contributed by atoms with van der Waals surface area (Å²) in [5.41, 5.74) is 2.77. The van der Waals surface area contributed by atoms with Crippen LogP contribution in [-0.2, 0) is 11.2 Å². The number of unbranched alkanes of at least 4 members (excludes halogenated alkanes) is 7. The van der Waals surface area contributed by atoms with Crippen LogP contribution in [0.25, 0.3) is 0 Å². The maximum absolute atomic E-state index is 12.5. The van der Waals surface area contributed by atoms with Crippen LogP contribution in [0.2, 0.25) is 5.02 Å². The van der Waals surface area contributed by atoms with Gasteiger partial charge in [-0.2, -0.15) is 0 Å². The molecule has 0 saturated heterocycles. The van der Waals surface area contributed by atoms with E-state index in [0.717, 1.165) is 29.0 Å². The van der Waals surface area contributed by atoms with E-state index < -0.39 is 0 Å². The maximum Gasteiger partial charge on any atom is 0.338 e. The van der Waals surface area contributed by atoms with Gasteiger partial charge in [0, 0.05) is 5.02 Å². The Morgan fingerprint density at radius 3 is 2.19 bits per heavy atom. The van der Waals surface area contributed by atoms with E-state index in [1.165, 1.54) is 38.5 Å². The molecule has 2 aromatic carbocycles. The molecular weight excluding hydrogens is 356 g/mol. The second-order valence-electron chi connectivity index (χ2n) is 7.07. The lowest BCUT2D eigenvalue weighted by Crippen LogP contribution is -2.09. The van der Waals surface area contributed by atoms with Gasteiger partial charge in [0.15, 0.2) is 0 Å². The number of carbonyl (C=O) groups excluding carboxylic acids is 1. The molecule has 27 heavy (non-hydrogen) atoms.